The molecule has 1 aromatic heterocycles. The van der Waals surface area contributed by atoms with Gasteiger partial charge in [-0.3, -0.25) is 4.90 Å². The fourth-order valence-electron chi connectivity index (χ4n) is 3.42. The van der Waals surface area contributed by atoms with Crippen molar-refractivity contribution in [2.75, 3.05) is 26.2 Å². The highest BCUT2D eigenvalue weighted by Gasteiger charge is 2.32. The van der Waals surface area contributed by atoms with Crippen molar-refractivity contribution in [3.63, 3.8) is 0 Å². The van der Waals surface area contributed by atoms with Crippen molar-refractivity contribution in [2.24, 2.45) is 0 Å². The molecule has 1 aliphatic rings. The average molecular weight is 467 g/mol. The van der Waals surface area contributed by atoms with Crippen LogP contribution in [0.4, 0.5) is 0 Å². The first-order chi connectivity index (χ1) is 14.3. The second kappa shape index (κ2) is 8.64. The summed E-state index contributed by atoms with van der Waals surface area (Å²) in [6.07, 6.45) is 0. The van der Waals surface area contributed by atoms with Crippen LogP contribution in [0, 0.1) is 0 Å². The Morgan fingerprint density at radius 2 is 1.63 bits per heavy atom. The molecule has 3 aromatic rings. The predicted molar refractivity (Wildman–Crippen MR) is 115 cm³/mol. The molecule has 0 amide bonds. The first kappa shape index (κ1) is 21.3. The van der Waals surface area contributed by atoms with Gasteiger partial charge in [-0.15, -0.1) is 0 Å². The summed E-state index contributed by atoms with van der Waals surface area (Å²) in [5.74, 6) is 1.04. The maximum atomic E-state index is 12.9. The van der Waals surface area contributed by atoms with Crippen LogP contribution in [-0.2, 0) is 10.0 Å². The quantitative estimate of drug-likeness (QED) is 0.562. The van der Waals surface area contributed by atoms with Gasteiger partial charge in [-0.2, -0.15) is 9.29 Å². The number of aromatic nitrogens is 2. The fourth-order valence-corrected chi connectivity index (χ4v) is 5.57. The van der Waals surface area contributed by atoms with Crippen LogP contribution in [0.2, 0.25) is 10.0 Å². The summed E-state index contributed by atoms with van der Waals surface area (Å²) in [5, 5.41) is 4.65. The molecule has 2 heterocycles. The first-order valence-corrected chi connectivity index (χ1v) is 11.6. The highest BCUT2D eigenvalue weighted by atomic mass is 35.5. The molecule has 1 aliphatic heterocycles. The van der Waals surface area contributed by atoms with Crippen LogP contribution in [0.3, 0.4) is 0 Å². The molecule has 1 saturated heterocycles. The van der Waals surface area contributed by atoms with Crippen LogP contribution in [0.15, 0.2) is 57.9 Å². The second-order valence-electron chi connectivity index (χ2n) is 7.04. The van der Waals surface area contributed by atoms with Crippen molar-refractivity contribution in [1.29, 1.82) is 0 Å². The van der Waals surface area contributed by atoms with Gasteiger partial charge in [0.1, 0.15) is 0 Å². The van der Waals surface area contributed by atoms with Crippen molar-refractivity contribution in [1.82, 2.24) is 19.3 Å². The number of rotatable bonds is 5. The molecular weight excluding hydrogens is 447 g/mol. The SMILES string of the molecule is CC(c1nc(-c2ccccc2)no1)N1CCN(S(=O)(=O)c2cc(Cl)cc(Cl)c2)CC1. The van der Waals surface area contributed by atoms with Gasteiger partial charge in [0.05, 0.1) is 10.9 Å². The van der Waals surface area contributed by atoms with Crippen LogP contribution in [0.1, 0.15) is 18.9 Å². The lowest BCUT2D eigenvalue weighted by Gasteiger charge is -2.36. The topological polar surface area (TPSA) is 79.5 Å². The Labute approximate surface area is 185 Å². The molecule has 10 heteroatoms. The van der Waals surface area contributed by atoms with Gasteiger partial charge in [0.25, 0.3) is 0 Å². The fraction of sp³-hybridized carbons (Fsp3) is 0.300. The highest BCUT2D eigenvalue weighted by Crippen LogP contribution is 2.27. The minimum atomic E-state index is -3.67. The molecule has 30 heavy (non-hydrogen) atoms. The maximum absolute atomic E-state index is 12.9. The standard InChI is InChI=1S/C20H20Cl2N4O3S/c1-14(20-23-19(24-29-20)15-5-3-2-4-6-15)25-7-9-26(10-8-25)30(27,28)18-12-16(21)11-17(22)13-18/h2-6,11-14H,7-10H2,1H3. The number of benzene rings is 2. The van der Waals surface area contributed by atoms with Gasteiger partial charge in [0.15, 0.2) is 0 Å². The number of hydrogen-bond donors (Lipinski definition) is 0. The third-order valence-electron chi connectivity index (χ3n) is 5.13. The molecule has 0 saturated carbocycles. The van der Waals surface area contributed by atoms with E-state index in [1.807, 2.05) is 37.3 Å². The van der Waals surface area contributed by atoms with Gasteiger partial charge in [0, 0.05) is 41.8 Å². The van der Waals surface area contributed by atoms with E-state index in [1.165, 1.54) is 22.5 Å². The van der Waals surface area contributed by atoms with Gasteiger partial charge in [-0.05, 0) is 25.1 Å². The lowest BCUT2D eigenvalue weighted by Crippen LogP contribution is -2.49. The van der Waals surface area contributed by atoms with E-state index in [-0.39, 0.29) is 10.9 Å². The number of sulfonamides is 1. The van der Waals surface area contributed by atoms with E-state index < -0.39 is 10.0 Å². The van der Waals surface area contributed by atoms with E-state index in [1.54, 1.807) is 0 Å². The lowest BCUT2D eigenvalue weighted by molar-refractivity contribution is 0.124. The molecule has 7 nitrogen and oxygen atoms in total. The molecule has 2 aromatic carbocycles. The third kappa shape index (κ3) is 4.38. The zero-order valence-corrected chi connectivity index (χ0v) is 18.5. The molecule has 0 N–H and O–H groups in total. The average Bonchev–Trinajstić information content (AvgIpc) is 3.23. The monoisotopic (exact) mass is 466 g/mol. The predicted octanol–water partition coefficient (Wildman–Crippen LogP) is 4.11. The molecule has 158 valence electrons. The van der Waals surface area contributed by atoms with Gasteiger partial charge >= 0.3 is 0 Å². The van der Waals surface area contributed by atoms with Crippen molar-refractivity contribution in [3.05, 3.63) is 64.5 Å². The largest absolute Gasteiger partial charge is 0.337 e. The molecule has 1 fully saturated rings. The van der Waals surface area contributed by atoms with E-state index >= 15 is 0 Å². The number of nitrogens with zero attached hydrogens (tertiary/aromatic N) is 4. The Kier molecular flexibility index (Phi) is 6.13. The summed E-state index contributed by atoms with van der Waals surface area (Å²) >= 11 is 11.9. The van der Waals surface area contributed by atoms with Crippen LogP contribution >= 0.6 is 23.2 Å². The molecule has 0 radical (unpaired) electrons. The zero-order chi connectivity index (χ0) is 21.3. The summed E-state index contributed by atoms with van der Waals surface area (Å²) in [6, 6.07) is 13.8. The Balaban J connectivity index is 1.44. The lowest BCUT2D eigenvalue weighted by atomic mass is 10.2. The van der Waals surface area contributed by atoms with Crippen LogP contribution < -0.4 is 0 Å². The minimum absolute atomic E-state index is 0.103. The Hall–Kier alpha value is -1.97. The van der Waals surface area contributed by atoms with Gasteiger partial charge in [-0.25, -0.2) is 8.42 Å². The molecule has 1 atom stereocenters. The minimum Gasteiger partial charge on any atom is -0.337 e. The summed E-state index contributed by atoms with van der Waals surface area (Å²) in [5.41, 5.74) is 0.885. The number of hydrogen-bond acceptors (Lipinski definition) is 6. The molecule has 0 aliphatic carbocycles. The number of piperazine rings is 1. The van der Waals surface area contributed by atoms with E-state index in [0.29, 0.717) is 47.9 Å². The molecule has 0 spiro atoms. The van der Waals surface area contributed by atoms with E-state index in [2.05, 4.69) is 15.0 Å². The summed E-state index contributed by atoms with van der Waals surface area (Å²) in [7, 11) is -3.67. The van der Waals surface area contributed by atoms with Gasteiger partial charge < -0.3 is 4.52 Å². The van der Waals surface area contributed by atoms with E-state index in [4.69, 9.17) is 27.7 Å². The van der Waals surface area contributed by atoms with E-state index in [9.17, 15) is 8.42 Å². The van der Waals surface area contributed by atoms with Gasteiger partial charge in [0.2, 0.25) is 21.7 Å². The van der Waals surface area contributed by atoms with Crippen LogP contribution in [0.25, 0.3) is 11.4 Å². The smallest absolute Gasteiger partial charge is 0.244 e. The van der Waals surface area contributed by atoms with Crippen molar-refractivity contribution in [2.45, 2.75) is 17.9 Å². The van der Waals surface area contributed by atoms with Crippen molar-refractivity contribution in [3.8, 4) is 11.4 Å². The molecular formula is C20H20Cl2N4O3S. The Morgan fingerprint density at radius 1 is 1.00 bits per heavy atom. The molecule has 0 bridgehead atoms. The summed E-state index contributed by atoms with van der Waals surface area (Å²) < 4.78 is 32.8. The zero-order valence-electron chi connectivity index (χ0n) is 16.2. The molecule has 4 rings (SSSR count). The van der Waals surface area contributed by atoms with Crippen LogP contribution in [-0.4, -0.2) is 53.9 Å². The van der Waals surface area contributed by atoms with Crippen LogP contribution in [0.5, 0.6) is 0 Å². The normalized spacial score (nSPS) is 17.2. The highest BCUT2D eigenvalue weighted by molar-refractivity contribution is 7.89. The third-order valence-corrected chi connectivity index (χ3v) is 7.44. The van der Waals surface area contributed by atoms with E-state index in [0.717, 1.165) is 5.56 Å². The summed E-state index contributed by atoms with van der Waals surface area (Å²) in [4.78, 5) is 6.74. The number of halogens is 2. The second-order valence-corrected chi connectivity index (χ2v) is 9.85. The van der Waals surface area contributed by atoms with Crippen molar-refractivity contribution >= 4 is 33.2 Å². The van der Waals surface area contributed by atoms with Crippen molar-refractivity contribution < 1.29 is 12.9 Å². The Bertz CT molecular complexity index is 1110. The first-order valence-electron chi connectivity index (χ1n) is 9.44. The maximum Gasteiger partial charge on any atom is 0.244 e. The molecule has 1 unspecified atom stereocenters. The van der Waals surface area contributed by atoms with Gasteiger partial charge in [-0.1, -0.05) is 58.7 Å². The summed E-state index contributed by atoms with van der Waals surface area (Å²) in [6.45, 7) is 3.74. The Morgan fingerprint density at radius 3 is 2.27 bits per heavy atom.